The number of nitrogens with zero attached hydrogens (tertiary/aromatic N) is 4. The Morgan fingerprint density at radius 2 is 1.59 bits per heavy atom. The molecule has 118 valence electrons. The van der Waals surface area contributed by atoms with Crippen molar-refractivity contribution in [2.45, 2.75) is 40.3 Å². The number of benzene rings is 1. The molecule has 0 saturated heterocycles. The maximum Gasteiger partial charge on any atom is 0.134 e. The van der Waals surface area contributed by atoms with Crippen LogP contribution in [0.3, 0.4) is 0 Å². The van der Waals surface area contributed by atoms with Crippen LogP contribution in [0.4, 0.5) is 11.6 Å². The molecule has 0 aliphatic heterocycles. The Balaban J connectivity index is 2.27. The van der Waals surface area contributed by atoms with E-state index in [0.29, 0.717) is 6.04 Å². The molecule has 22 heavy (non-hydrogen) atoms. The van der Waals surface area contributed by atoms with Crippen LogP contribution < -0.4 is 9.80 Å². The van der Waals surface area contributed by atoms with Crippen molar-refractivity contribution in [1.29, 1.82) is 0 Å². The Hall–Kier alpha value is -2.10. The van der Waals surface area contributed by atoms with E-state index >= 15 is 0 Å². The Morgan fingerprint density at radius 1 is 0.955 bits per heavy atom. The fourth-order valence-corrected chi connectivity index (χ4v) is 2.52. The molecule has 1 aromatic carbocycles. The summed E-state index contributed by atoms with van der Waals surface area (Å²) in [4.78, 5) is 13.5. The second kappa shape index (κ2) is 7.78. The molecule has 4 heteroatoms. The fraction of sp³-hybridized carbons (Fsp3) is 0.444. The highest BCUT2D eigenvalue weighted by Crippen LogP contribution is 2.21. The maximum absolute atomic E-state index is 4.50. The third kappa shape index (κ3) is 3.97. The lowest BCUT2D eigenvalue weighted by molar-refractivity contribution is 0.670. The van der Waals surface area contributed by atoms with Crippen LogP contribution in [0.1, 0.15) is 33.3 Å². The highest BCUT2D eigenvalue weighted by atomic mass is 15.2. The smallest absolute Gasteiger partial charge is 0.134 e. The average molecular weight is 298 g/mol. The van der Waals surface area contributed by atoms with Crippen LogP contribution in [0.25, 0.3) is 0 Å². The molecule has 0 radical (unpaired) electrons. The Labute approximate surface area is 133 Å². The molecule has 0 fully saturated rings. The predicted octanol–water partition coefficient (Wildman–Crippen LogP) is 3.74. The Morgan fingerprint density at radius 3 is 2.18 bits per heavy atom. The molecular weight excluding hydrogens is 272 g/mol. The average Bonchev–Trinajstić information content (AvgIpc) is 2.55. The molecule has 0 N–H and O–H groups in total. The molecule has 0 amide bonds. The van der Waals surface area contributed by atoms with Crippen LogP contribution in [-0.2, 0) is 6.54 Å². The van der Waals surface area contributed by atoms with Crippen LogP contribution >= 0.6 is 0 Å². The van der Waals surface area contributed by atoms with Crippen molar-refractivity contribution in [3.63, 3.8) is 0 Å². The summed E-state index contributed by atoms with van der Waals surface area (Å²) in [7, 11) is 0. The van der Waals surface area contributed by atoms with E-state index in [2.05, 4.69) is 77.8 Å². The van der Waals surface area contributed by atoms with Crippen molar-refractivity contribution in [2.24, 2.45) is 0 Å². The number of hydrogen-bond donors (Lipinski definition) is 0. The van der Waals surface area contributed by atoms with E-state index in [1.807, 2.05) is 6.07 Å². The van der Waals surface area contributed by atoms with Crippen LogP contribution in [-0.4, -0.2) is 29.1 Å². The molecule has 1 aromatic heterocycles. The van der Waals surface area contributed by atoms with E-state index in [9.17, 15) is 0 Å². The lowest BCUT2D eigenvalue weighted by Crippen LogP contribution is -2.31. The number of aromatic nitrogens is 2. The van der Waals surface area contributed by atoms with Gasteiger partial charge in [-0.15, -0.1) is 0 Å². The molecule has 0 spiro atoms. The molecule has 0 unspecified atom stereocenters. The molecule has 0 aliphatic carbocycles. The van der Waals surface area contributed by atoms with E-state index in [0.717, 1.165) is 31.3 Å². The molecule has 0 saturated carbocycles. The van der Waals surface area contributed by atoms with Gasteiger partial charge in [-0.3, -0.25) is 0 Å². The van der Waals surface area contributed by atoms with Crippen molar-refractivity contribution in [3.8, 4) is 0 Å². The lowest BCUT2D eigenvalue weighted by atomic mass is 10.2. The van der Waals surface area contributed by atoms with E-state index in [-0.39, 0.29) is 0 Å². The molecule has 0 aliphatic rings. The van der Waals surface area contributed by atoms with Crippen LogP contribution in [0.2, 0.25) is 0 Å². The minimum atomic E-state index is 0.375. The van der Waals surface area contributed by atoms with Gasteiger partial charge in [-0.05, 0) is 33.3 Å². The summed E-state index contributed by atoms with van der Waals surface area (Å²) in [6, 6.07) is 13.0. The summed E-state index contributed by atoms with van der Waals surface area (Å²) in [6.07, 6.45) is 1.67. The summed E-state index contributed by atoms with van der Waals surface area (Å²) in [5.41, 5.74) is 1.29. The molecule has 0 bridgehead atoms. The minimum absolute atomic E-state index is 0.375. The quantitative estimate of drug-likeness (QED) is 0.779. The maximum atomic E-state index is 4.50. The first-order chi connectivity index (χ1) is 10.7. The van der Waals surface area contributed by atoms with Crippen LogP contribution in [0, 0.1) is 0 Å². The van der Waals surface area contributed by atoms with Gasteiger partial charge in [0.05, 0.1) is 0 Å². The van der Waals surface area contributed by atoms with Gasteiger partial charge >= 0.3 is 0 Å². The first-order valence-corrected chi connectivity index (χ1v) is 8.03. The molecule has 4 nitrogen and oxygen atoms in total. The summed E-state index contributed by atoms with van der Waals surface area (Å²) in [5.74, 6) is 1.98. The highest BCUT2D eigenvalue weighted by Gasteiger charge is 2.14. The summed E-state index contributed by atoms with van der Waals surface area (Å²) in [5, 5.41) is 0. The lowest BCUT2D eigenvalue weighted by Gasteiger charge is -2.29. The fourth-order valence-electron chi connectivity index (χ4n) is 2.52. The van der Waals surface area contributed by atoms with Crippen LogP contribution in [0.15, 0.2) is 42.7 Å². The third-order valence-electron chi connectivity index (χ3n) is 3.84. The van der Waals surface area contributed by atoms with Gasteiger partial charge in [0.2, 0.25) is 0 Å². The Bertz CT molecular complexity index is 564. The molecule has 0 atom stereocenters. The zero-order valence-corrected chi connectivity index (χ0v) is 14.0. The first-order valence-electron chi connectivity index (χ1n) is 8.03. The van der Waals surface area contributed by atoms with Crippen molar-refractivity contribution < 1.29 is 0 Å². The predicted molar refractivity (Wildman–Crippen MR) is 93.4 cm³/mol. The SMILES string of the molecule is CCN(CC)c1cc(N(Cc2ccccc2)C(C)C)ncn1. The Kier molecular flexibility index (Phi) is 5.75. The molecular formula is C18H26N4. The molecule has 2 rings (SSSR count). The van der Waals surface area contributed by atoms with Crippen molar-refractivity contribution in [3.05, 3.63) is 48.3 Å². The minimum Gasteiger partial charge on any atom is -0.357 e. The monoisotopic (exact) mass is 298 g/mol. The zero-order valence-electron chi connectivity index (χ0n) is 14.0. The van der Waals surface area contributed by atoms with Crippen molar-refractivity contribution in [2.75, 3.05) is 22.9 Å². The largest absolute Gasteiger partial charge is 0.357 e. The van der Waals surface area contributed by atoms with Crippen LogP contribution in [0.5, 0.6) is 0 Å². The normalized spacial score (nSPS) is 10.8. The van der Waals surface area contributed by atoms with E-state index < -0.39 is 0 Å². The molecule has 2 aromatic rings. The number of rotatable bonds is 7. The van der Waals surface area contributed by atoms with Crippen molar-refractivity contribution >= 4 is 11.6 Å². The van der Waals surface area contributed by atoms with E-state index in [4.69, 9.17) is 0 Å². The second-order valence-corrected chi connectivity index (χ2v) is 5.61. The number of anilines is 2. The van der Waals surface area contributed by atoms with Gasteiger partial charge in [0, 0.05) is 31.7 Å². The van der Waals surface area contributed by atoms with Gasteiger partial charge in [0.15, 0.2) is 0 Å². The van der Waals surface area contributed by atoms with Crippen molar-refractivity contribution in [1.82, 2.24) is 9.97 Å². The van der Waals surface area contributed by atoms with Gasteiger partial charge < -0.3 is 9.80 Å². The van der Waals surface area contributed by atoms with Gasteiger partial charge in [0.1, 0.15) is 18.0 Å². The topological polar surface area (TPSA) is 32.3 Å². The van der Waals surface area contributed by atoms with E-state index in [1.54, 1.807) is 6.33 Å². The van der Waals surface area contributed by atoms with Gasteiger partial charge in [-0.25, -0.2) is 9.97 Å². The first kappa shape index (κ1) is 16.3. The zero-order chi connectivity index (χ0) is 15.9. The van der Waals surface area contributed by atoms with Gasteiger partial charge in [0.25, 0.3) is 0 Å². The van der Waals surface area contributed by atoms with Gasteiger partial charge in [-0.2, -0.15) is 0 Å². The molecule has 1 heterocycles. The van der Waals surface area contributed by atoms with Gasteiger partial charge in [-0.1, -0.05) is 30.3 Å². The standard InChI is InChI=1S/C18H26N4/c1-5-21(6-2)17-12-18(20-14-19-17)22(15(3)4)13-16-10-8-7-9-11-16/h7-12,14-15H,5-6,13H2,1-4H3. The second-order valence-electron chi connectivity index (χ2n) is 5.61. The number of hydrogen-bond acceptors (Lipinski definition) is 4. The summed E-state index contributed by atoms with van der Waals surface area (Å²) in [6.45, 7) is 11.4. The summed E-state index contributed by atoms with van der Waals surface area (Å²) >= 11 is 0. The van der Waals surface area contributed by atoms with E-state index in [1.165, 1.54) is 5.56 Å². The highest BCUT2D eigenvalue weighted by molar-refractivity contribution is 5.50. The summed E-state index contributed by atoms with van der Waals surface area (Å²) < 4.78 is 0. The third-order valence-corrected chi connectivity index (χ3v) is 3.84.